The number of carbonyl (C=O) groups is 1. The summed E-state index contributed by atoms with van der Waals surface area (Å²) in [6, 6.07) is 7.64. The molecule has 4 nitrogen and oxygen atoms in total. The molecule has 0 saturated carbocycles. The first-order valence-electron chi connectivity index (χ1n) is 6.70. The van der Waals surface area contributed by atoms with Crippen molar-refractivity contribution in [1.29, 1.82) is 0 Å². The largest absolute Gasteiger partial charge is 0.399 e. The molecule has 0 amide bonds. The van der Waals surface area contributed by atoms with E-state index < -0.39 is 0 Å². The Balaban J connectivity index is 2.05. The molecular formula is C15H18BrN3O. The number of nitrogens with two attached hydrogens (primary N) is 1. The highest BCUT2D eigenvalue weighted by Crippen LogP contribution is 2.19. The summed E-state index contributed by atoms with van der Waals surface area (Å²) in [5.74, 6) is 0.111. The predicted octanol–water partition coefficient (Wildman–Crippen LogP) is 3.45. The van der Waals surface area contributed by atoms with Crippen molar-refractivity contribution in [3.63, 3.8) is 0 Å². The van der Waals surface area contributed by atoms with Gasteiger partial charge < -0.3 is 5.73 Å². The van der Waals surface area contributed by atoms with E-state index in [0.29, 0.717) is 18.5 Å². The molecule has 0 aliphatic heterocycles. The first kappa shape index (κ1) is 14.8. The maximum Gasteiger partial charge on any atom is 0.182 e. The summed E-state index contributed by atoms with van der Waals surface area (Å²) < 4.78 is 2.54. The van der Waals surface area contributed by atoms with E-state index >= 15 is 0 Å². The number of anilines is 1. The quantitative estimate of drug-likeness (QED) is 0.649. The van der Waals surface area contributed by atoms with E-state index in [9.17, 15) is 4.79 Å². The second-order valence-electron chi connectivity index (χ2n) is 4.73. The fraction of sp³-hybridized carbons (Fsp3) is 0.333. The molecule has 2 aromatic rings. The first-order valence-corrected chi connectivity index (χ1v) is 7.50. The van der Waals surface area contributed by atoms with Crippen molar-refractivity contribution in [1.82, 2.24) is 9.78 Å². The Hall–Kier alpha value is -1.62. The monoisotopic (exact) mass is 335 g/mol. The molecule has 1 aromatic heterocycles. The lowest BCUT2D eigenvalue weighted by molar-refractivity contribution is 0.0971. The van der Waals surface area contributed by atoms with Crippen LogP contribution in [0.15, 0.2) is 34.9 Å². The second kappa shape index (κ2) is 6.70. The van der Waals surface area contributed by atoms with Gasteiger partial charge in [0.2, 0.25) is 0 Å². The lowest BCUT2D eigenvalue weighted by Gasteiger charge is -2.06. The number of halogens is 1. The molecule has 0 radical (unpaired) electrons. The van der Waals surface area contributed by atoms with E-state index in [1.165, 1.54) is 0 Å². The number of rotatable bonds is 6. The second-order valence-corrected chi connectivity index (χ2v) is 5.58. The standard InChI is InChI=1S/C15H18BrN3O/c1-2-9-19-15(13(16)10-18-19)14(20)8-5-11-3-6-12(17)7-4-11/h3-4,6-7,10H,2,5,8-9,17H2,1H3. The van der Waals surface area contributed by atoms with Gasteiger partial charge in [-0.25, -0.2) is 0 Å². The molecule has 0 spiro atoms. The average Bonchev–Trinajstić information content (AvgIpc) is 2.79. The summed E-state index contributed by atoms with van der Waals surface area (Å²) in [6.07, 6.45) is 3.82. The van der Waals surface area contributed by atoms with Crippen molar-refractivity contribution < 1.29 is 4.79 Å². The third-order valence-corrected chi connectivity index (χ3v) is 3.70. The maximum atomic E-state index is 12.3. The highest BCUT2D eigenvalue weighted by molar-refractivity contribution is 9.10. The molecule has 20 heavy (non-hydrogen) atoms. The van der Waals surface area contributed by atoms with Gasteiger partial charge in [0.15, 0.2) is 5.78 Å². The van der Waals surface area contributed by atoms with Gasteiger partial charge in [-0.1, -0.05) is 19.1 Å². The molecule has 2 rings (SSSR count). The van der Waals surface area contributed by atoms with Gasteiger partial charge >= 0.3 is 0 Å². The summed E-state index contributed by atoms with van der Waals surface area (Å²) in [5, 5.41) is 4.23. The van der Waals surface area contributed by atoms with Crippen LogP contribution in [0.3, 0.4) is 0 Å². The Morgan fingerprint density at radius 3 is 2.70 bits per heavy atom. The molecule has 5 heteroatoms. The molecule has 0 saturated heterocycles. The predicted molar refractivity (Wildman–Crippen MR) is 83.7 cm³/mol. The van der Waals surface area contributed by atoms with Gasteiger partial charge in [0.05, 0.1) is 10.7 Å². The summed E-state index contributed by atoms with van der Waals surface area (Å²) in [4.78, 5) is 12.3. The molecule has 0 atom stereocenters. The van der Waals surface area contributed by atoms with Gasteiger partial charge in [-0.3, -0.25) is 9.48 Å². The number of ketones is 1. The fourth-order valence-corrected chi connectivity index (χ4v) is 2.60. The van der Waals surface area contributed by atoms with Gasteiger partial charge in [0.1, 0.15) is 5.69 Å². The molecule has 1 heterocycles. The van der Waals surface area contributed by atoms with Crippen LogP contribution in [-0.2, 0) is 13.0 Å². The van der Waals surface area contributed by atoms with Gasteiger partial charge in [0.25, 0.3) is 0 Å². The zero-order valence-electron chi connectivity index (χ0n) is 11.5. The van der Waals surface area contributed by atoms with Crippen molar-refractivity contribution in [2.24, 2.45) is 0 Å². The van der Waals surface area contributed by atoms with Gasteiger partial charge in [-0.15, -0.1) is 0 Å². The number of carbonyl (C=O) groups excluding carboxylic acids is 1. The number of benzene rings is 1. The number of hydrogen-bond acceptors (Lipinski definition) is 3. The molecular weight excluding hydrogens is 318 g/mol. The Morgan fingerprint density at radius 2 is 2.05 bits per heavy atom. The minimum atomic E-state index is 0.111. The zero-order valence-corrected chi connectivity index (χ0v) is 13.1. The van der Waals surface area contributed by atoms with Gasteiger partial charge in [0, 0.05) is 18.7 Å². The number of Topliss-reactive ketones (excluding diaryl/α,β-unsaturated/α-hetero) is 1. The fourth-order valence-electron chi connectivity index (χ4n) is 2.08. The first-order chi connectivity index (χ1) is 9.61. The lowest BCUT2D eigenvalue weighted by atomic mass is 10.1. The number of aryl methyl sites for hydroxylation is 2. The van der Waals surface area contributed by atoms with E-state index in [1.54, 1.807) is 10.9 Å². The highest BCUT2D eigenvalue weighted by atomic mass is 79.9. The van der Waals surface area contributed by atoms with Gasteiger partial charge in [-0.05, 0) is 46.5 Å². The van der Waals surface area contributed by atoms with Crippen LogP contribution in [0, 0.1) is 0 Å². The molecule has 0 fully saturated rings. The van der Waals surface area contributed by atoms with Crippen LogP contribution in [-0.4, -0.2) is 15.6 Å². The smallest absolute Gasteiger partial charge is 0.182 e. The summed E-state index contributed by atoms with van der Waals surface area (Å²) in [7, 11) is 0. The molecule has 0 aliphatic carbocycles. The molecule has 0 unspecified atom stereocenters. The van der Waals surface area contributed by atoms with Crippen molar-refractivity contribution in [3.05, 3.63) is 46.2 Å². The van der Waals surface area contributed by atoms with Crippen molar-refractivity contribution in [3.8, 4) is 0 Å². The van der Waals surface area contributed by atoms with Crippen molar-refractivity contribution >= 4 is 27.4 Å². The summed E-state index contributed by atoms with van der Waals surface area (Å²) in [6.45, 7) is 2.83. The van der Waals surface area contributed by atoms with E-state index in [4.69, 9.17) is 5.73 Å². The minimum Gasteiger partial charge on any atom is -0.399 e. The number of nitrogen functional groups attached to an aromatic ring is 1. The van der Waals surface area contributed by atoms with Crippen LogP contribution in [0.5, 0.6) is 0 Å². The van der Waals surface area contributed by atoms with Crippen LogP contribution in [0.2, 0.25) is 0 Å². The Kier molecular flexibility index (Phi) is 4.95. The van der Waals surface area contributed by atoms with Crippen LogP contribution in [0.25, 0.3) is 0 Å². The van der Waals surface area contributed by atoms with Gasteiger partial charge in [-0.2, -0.15) is 5.10 Å². The number of hydrogen-bond donors (Lipinski definition) is 1. The summed E-state index contributed by atoms with van der Waals surface area (Å²) >= 11 is 3.40. The van der Waals surface area contributed by atoms with Crippen molar-refractivity contribution in [2.45, 2.75) is 32.7 Å². The van der Waals surface area contributed by atoms with E-state index in [1.807, 2.05) is 24.3 Å². The van der Waals surface area contributed by atoms with Crippen LogP contribution in [0.1, 0.15) is 35.8 Å². The Morgan fingerprint density at radius 1 is 1.35 bits per heavy atom. The number of aromatic nitrogens is 2. The van der Waals surface area contributed by atoms with Crippen molar-refractivity contribution in [2.75, 3.05) is 5.73 Å². The molecule has 106 valence electrons. The van der Waals surface area contributed by atoms with E-state index in [-0.39, 0.29) is 5.78 Å². The third kappa shape index (κ3) is 3.48. The zero-order chi connectivity index (χ0) is 14.5. The van der Waals surface area contributed by atoms with E-state index in [2.05, 4.69) is 28.0 Å². The topological polar surface area (TPSA) is 60.9 Å². The maximum absolute atomic E-state index is 12.3. The Labute approximate surface area is 127 Å². The van der Waals surface area contributed by atoms with Crippen LogP contribution < -0.4 is 5.73 Å². The molecule has 0 aliphatic rings. The Bertz CT molecular complexity index is 590. The van der Waals surface area contributed by atoms with E-state index in [0.717, 1.165) is 28.7 Å². The minimum absolute atomic E-state index is 0.111. The normalized spacial score (nSPS) is 10.7. The lowest BCUT2D eigenvalue weighted by Crippen LogP contribution is -2.11. The van der Waals surface area contributed by atoms with Crippen LogP contribution >= 0.6 is 15.9 Å². The summed E-state index contributed by atoms with van der Waals surface area (Å²) in [5.41, 5.74) is 8.17. The molecule has 2 N–H and O–H groups in total. The highest BCUT2D eigenvalue weighted by Gasteiger charge is 2.16. The van der Waals surface area contributed by atoms with Crippen LogP contribution in [0.4, 0.5) is 5.69 Å². The average molecular weight is 336 g/mol. The molecule has 1 aromatic carbocycles. The number of nitrogens with zero attached hydrogens (tertiary/aromatic N) is 2. The SMILES string of the molecule is CCCn1ncc(Br)c1C(=O)CCc1ccc(N)cc1. The molecule has 0 bridgehead atoms. The third-order valence-electron chi connectivity index (χ3n) is 3.11.